The number of nitrogens with two attached hydrogens (primary N) is 1. The Balaban J connectivity index is 1.51. The maximum atomic E-state index is 12.9. The van der Waals surface area contributed by atoms with E-state index in [2.05, 4.69) is 10.3 Å². The van der Waals surface area contributed by atoms with Gasteiger partial charge in [-0.15, -0.1) is 5.10 Å². The molecule has 1 atom stereocenters. The minimum atomic E-state index is -3.88. The van der Waals surface area contributed by atoms with Crippen LogP contribution in [0.2, 0.25) is 0 Å². The highest BCUT2D eigenvalue weighted by Crippen LogP contribution is 2.28. The molecule has 0 saturated carbocycles. The van der Waals surface area contributed by atoms with Crippen molar-refractivity contribution in [3.8, 4) is 11.3 Å². The lowest BCUT2D eigenvalue weighted by Crippen LogP contribution is -2.29. The number of primary sulfonamides is 1. The molecule has 9 nitrogen and oxygen atoms in total. The topological polar surface area (TPSA) is 128 Å². The molecule has 2 heterocycles. The summed E-state index contributed by atoms with van der Waals surface area (Å²) in [7, 11) is -7.63. The molecular formula is C18H19N5O4S2. The van der Waals surface area contributed by atoms with Crippen molar-refractivity contribution >= 4 is 20.0 Å². The number of aromatic nitrogens is 3. The second-order valence-electron chi connectivity index (χ2n) is 6.77. The van der Waals surface area contributed by atoms with Gasteiger partial charge in [0.1, 0.15) is 5.69 Å². The molecule has 0 radical (unpaired) electrons. The first-order chi connectivity index (χ1) is 13.7. The monoisotopic (exact) mass is 433 g/mol. The van der Waals surface area contributed by atoms with Crippen LogP contribution in [0.1, 0.15) is 12.5 Å². The van der Waals surface area contributed by atoms with Crippen molar-refractivity contribution < 1.29 is 16.8 Å². The third-order valence-corrected chi connectivity index (χ3v) is 7.68. The number of hydrogen-bond acceptors (Lipinski definition) is 6. The van der Waals surface area contributed by atoms with Gasteiger partial charge in [-0.3, -0.25) is 0 Å². The molecule has 2 aromatic carbocycles. The maximum absolute atomic E-state index is 12.9. The fraction of sp³-hybridized carbons (Fsp3) is 0.222. The van der Waals surface area contributed by atoms with Gasteiger partial charge >= 0.3 is 0 Å². The third-order valence-electron chi connectivity index (χ3n) is 4.87. The summed E-state index contributed by atoms with van der Waals surface area (Å²) in [5, 5.41) is 13.4. The van der Waals surface area contributed by atoms with Gasteiger partial charge in [0.15, 0.2) is 0 Å². The summed E-state index contributed by atoms with van der Waals surface area (Å²) in [6.45, 7) is 0.599. The summed E-state index contributed by atoms with van der Waals surface area (Å²) in [5.41, 5.74) is 1.67. The van der Waals surface area contributed by atoms with E-state index in [1.165, 1.54) is 28.6 Å². The molecule has 1 aliphatic rings. The molecule has 0 bridgehead atoms. The van der Waals surface area contributed by atoms with Gasteiger partial charge in [0, 0.05) is 18.7 Å². The van der Waals surface area contributed by atoms with Gasteiger partial charge in [0.05, 0.1) is 22.0 Å². The standard InChI is InChI=1S/C18H19N5O4S2/c19-28(24,25)16-6-8-17(9-7-16)29(26,27)22-11-10-15(12-22)23-13-18(20-21-23)14-4-2-1-3-5-14/h1-9,13,15H,10-12H2,(H2,19,24,25). The number of sulfonamides is 2. The summed E-state index contributed by atoms with van der Waals surface area (Å²) >= 11 is 0. The molecular weight excluding hydrogens is 414 g/mol. The number of hydrogen-bond donors (Lipinski definition) is 1. The van der Waals surface area contributed by atoms with Crippen LogP contribution in [0.4, 0.5) is 0 Å². The highest BCUT2D eigenvalue weighted by molar-refractivity contribution is 7.89. The maximum Gasteiger partial charge on any atom is 0.243 e. The quantitative estimate of drug-likeness (QED) is 0.644. The molecule has 11 heteroatoms. The average Bonchev–Trinajstić information content (AvgIpc) is 3.38. The predicted molar refractivity (Wildman–Crippen MR) is 106 cm³/mol. The second kappa shape index (κ2) is 7.34. The van der Waals surface area contributed by atoms with Crippen molar-refractivity contribution in [1.82, 2.24) is 19.3 Å². The SMILES string of the molecule is NS(=O)(=O)c1ccc(S(=O)(=O)N2CCC(n3cc(-c4ccccc4)nn3)C2)cc1. The van der Waals surface area contributed by atoms with Crippen molar-refractivity contribution in [2.45, 2.75) is 22.3 Å². The van der Waals surface area contributed by atoms with Crippen LogP contribution in [-0.4, -0.2) is 49.2 Å². The number of benzene rings is 2. The van der Waals surface area contributed by atoms with Crippen LogP contribution in [0, 0.1) is 0 Å². The van der Waals surface area contributed by atoms with E-state index in [1.807, 2.05) is 36.5 Å². The Labute approximate surface area is 168 Å². The molecule has 0 amide bonds. The fourth-order valence-electron chi connectivity index (χ4n) is 3.29. The zero-order chi connectivity index (χ0) is 20.6. The molecule has 3 aromatic rings. The van der Waals surface area contributed by atoms with Crippen molar-refractivity contribution in [3.05, 3.63) is 60.8 Å². The van der Waals surface area contributed by atoms with Gasteiger partial charge in [-0.25, -0.2) is 26.7 Å². The smallest absolute Gasteiger partial charge is 0.243 e. The Bertz CT molecular complexity index is 1220. The fourth-order valence-corrected chi connectivity index (χ4v) is 5.30. The Morgan fingerprint density at radius 1 is 0.931 bits per heavy atom. The molecule has 152 valence electrons. The van der Waals surface area contributed by atoms with Gasteiger partial charge in [-0.05, 0) is 30.7 Å². The lowest BCUT2D eigenvalue weighted by molar-refractivity contribution is 0.428. The van der Waals surface area contributed by atoms with E-state index in [4.69, 9.17) is 5.14 Å². The molecule has 2 N–H and O–H groups in total. The van der Waals surface area contributed by atoms with E-state index in [9.17, 15) is 16.8 Å². The Morgan fingerprint density at radius 3 is 2.24 bits per heavy atom. The number of nitrogens with zero attached hydrogens (tertiary/aromatic N) is 4. The summed E-state index contributed by atoms with van der Waals surface area (Å²) in [5.74, 6) is 0. The first-order valence-corrected chi connectivity index (χ1v) is 11.8. The highest BCUT2D eigenvalue weighted by atomic mass is 32.2. The van der Waals surface area contributed by atoms with Gasteiger partial charge in [0.2, 0.25) is 20.0 Å². The molecule has 29 heavy (non-hydrogen) atoms. The molecule has 1 aromatic heterocycles. The first-order valence-electron chi connectivity index (χ1n) is 8.85. The van der Waals surface area contributed by atoms with Crippen LogP contribution in [0.3, 0.4) is 0 Å². The molecule has 1 fully saturated rings. The van der Waals surface area contributed by atoms with Gasteiger partial charge in [-0.2, -0.15) is 4.31 Å². The van der Waals surface area contributed by atoms with Crippen LogP contribution < -0.4 is 5.14 Å². The van der Waals surface area contributed by atoms with Gasteiger partial charge in [0.25, 0.3) is 0 Å². The van der Waals surface area contributed by atoms with E-state index < -0.39 is 20.0 Å². The molecule has 4 rings (SSSR count). The van der Waals surface area contributed by atoms with Crippen LogP contribution in [0.25, 0.3) is 11.3 Å². The average molecular weight is 434 g/mol. The van der Waals surface area contributed by atoms with Crippen molar-refractivity contribution in [3.63, 3.8) is 0 Å². The second-order valence-corrected chi connectivity index (χ2v) is 10.3. The summed E-state index contributed by atoms with van der Waals surface area (Å²) in [6.07, 6.45) is 2.42. The normalized spacial score (nSPS) is 18.2. The Morgan fingerprint density at radius 2 is 1.59 bits per heavy atom. The van der Waals surface area contributed by atoms with E-state index in [0.717, 1.165) is 11.3 Å². The lowest BCUT2D eigenvalue weighted by atomic mass is 10.2. The zero-order valence-electron chi connectivity index (χ0n) is 15.3. The molecule has 1 saturated heterocycles. The Hall–Kier alpha value is -2.60. The molecule has 0 aliphatic carbocycles. The van der Waals surface area contributed by atoms with Crippen LogP contribution in [-0.2, 0) is 20.0 Å². The largest absolute Gasteiger partial charge is 0.247 e. The summed E-state index contributed by atoms with van der Waals surface area (Å²) in [6, 6.07) is 14.4. The van der Waals surface area contributed by atoms with Crippen LogP contribution in [0.5, 0.6) is 0 Å². The van der Waals surface area contributed by atoms with Gasteiger partial charge in [-0.1, -0.05) is 35.5 Å². The van der Waals surface area contributed by atoms with E-state index in [0.29, 0.717) is 13.0 Å². The van der Waals surface area contributed by atoms with Crippen LogP contribution in [0.15, 0.2) is 70.6 Å². The van der Waals surface area contributed by atoms with Gasteiger partial charge < -0.3 is 0 Å². The molecule has 1 unspecified atom stereocenters. The van der Waals surface area contributed by atoms with E-state index >= 15 is 0 Å². The minimum absolute atomic E-state index is 0.0223. The zero-order valence-corrected chi connectivity index (χ0v) is 16.9. The third kappa shape index (κ3) is 3.94. The predicted octanol–water partition coefficient (Wildman–Crippen LogP) is 1.23. The van der Waals surface area contributed by atoms with Crippen LogP contribution >= 0.6 is 0 Å². The lowest BCUT2D eigenvalue weighted by Gasteiger charge is -2.16. The minimum Gasteiger partial charge on any atom is -0.247 e. The summed E-state index contributed by atoms with van der Waals surface area (Å²) < 4.78 is 51.6. The molecule has 1 aliphatic heterocycles. The molecule has 0 spiro atoms. The highest BCUT2D eigenvalue weighted by Gasteiger charge is 2.34. The van der Waals surface area contributed by atoms with E-state index in [1.54, 1.807) is 4.68 Å². The summed E-state index contributed by atoms with van der Waals surface area (Å²) in [4.78, 5) is -0.110. The number of rotatable bonds is 5. The Kier molecular flexibility index (Phi) is 4.99. The van der Waals surface area contributed by atoms with Crippen molar-refractivity contribution in [2.75, 3.05) is 13.1 Å². The first kappa shape index (κ1) is 19.7. The van der Waals surface area contributed by atoms with Crippen molar-refractivity contribution in [1.29, 1.82) is 0 Å². The van der Waals surface area contributed by atoms with Crippen molar-refractivity contribution in [2.24, 2.45) is 5.14 Å². The van der Waals surface area contributed by atoms with E-state index in [-0.39, 0.29) is 22.4 Å².